The van der Waals surface area contributed by atoms with Crippen molar-refractivity contribution in [2.24, 2.45) is 0 Å². The highest BCUT2D eigenvalue weighted by atomic mass is 16.1. The van der Waals surface area contributed by atoms with Crippen LogP contribution in [0.15, 0.2) is 97.1 Å². The number of piperazine rings is 1. The molecular formula is C37H41N3O. The molecule has 1 N–H and O–H groups in total. The monoisotopic (exact) mass is 543 g/mol. The molecule has 1 unspecified atom stereocenters. The van der Waals surface area contributed by atoms with Gasteiger partial charge in [0.15, 0.2) is 0 Å². The normalized spacial score (nSPS) is 16.5. The van der Waals surface area contributed by atoms with Crippen LogP contribution in [0.25, 0.3) is 22.3 Å². The number of fused-ring (bicyclic) bond motifs is 3. The lowest BCUT2D eigenvalue weighted by Gasteiger charge is -2.36. The van der Waals surface area contributed by atoms with Crippen molar-refractivity contribution >= 4 is 11.6 Å². The second kappa shape index (κ2) is 12.3. The Morgan fingerprint density at radius 1 is 0.756 bits per heavy atom. The highest BCUT2D eigenvalue weighted by Gasteiger charge is 2.32. The van der Waals surface area contributed by atoms with E-state index in [0.717, 1.165) is 51.1 Å². The lowest BCUT2D eigenvalue weighted by molar-refractivity contribution is 0.0942. The minimum absolute atomic E-state index is 0.0437. The van der Waals surface area contributed by atoms with Gasteiger partial charge in [-0.3, -0.25) is 9.69 Å². The van der Waals surface area contributed by atoms with Gasteiger partial charge in [0.05, 0.1) is 0 Å². The van der Waals surface area contributed by atoms with Crippen LogP contribution in [0.4, 0.5) is 5.69 Å². The number of carbonyl (C=O) groups excluding carboxylic acids is 1. The van der Waals surface area contributed by atoms with Gasteiger partial charge in [-0.2, -0.15) is 0 Å². The quantitative estimate of drug-likeness (QED) is 0.221. The summed E-state index contributed by atoms with van der Waals surface area (Å²) in [6.45, 7) is 9.54. The number of benzene rings is 4. The topological polar surface area (TPSA) is 35.6 Å². The molecule has 0 radical (unpaired) electrons. The zero-order valence-corrected chi connectivity index (χ0v) is 24.4. The largest absolute Gasteiger partial charge is 0.369 e. The highest BCUT2D eigenvalue weighted by molar-refractivity contribution is 5.99. The van der Waals surface area contributed by atoms with E-state index in [1.165, 1.54) is 45.5 Å². The molecule has 4 nitrogen and oxygen atoms in total. The number of carbonyl (C=O) groups is 1. The third-order valence-corrected chi connectivity index (χ3v) is 8.67. The fourth-order valence-corrected chi connectivity index (χ4v) is 6.62. The van der Waals surface area contributed by atoms with Gasteiger partial charge in [-0.1, -0.05) is 85.3 Å². The van der Waals surface area contributed by atoms with Gasteiger partial charge < -0.3 is 10.2 Å². The molecule has 210 valence electrons. The van der Waals surface area contributed by atoms with Gasteiger partial charge in [-0.05, 0) is 84.8 Å². The van der Waals surface area contributed by atoms with Crippen LogP contribution < -0.4 is 10.2 Å². The molecule has 4 heteroatoms. The van der Waals surface area contributed by atoms with Gasteiger partial charge in [0.2, 0.25) is 0 Å². The summed E-state index contributed by atoms with van der Waals surface area (Å²) in [5.41, 5.74) is 9.81. The summed E-state index contributed by atoms with van der Waals surface area (Å²) in [6, 6.07) is 34.7. The Kier molecular flexibility index (Phi) is 8.20. The summed E-state index contributed by atoms with van der Waals surface area (Å²) in [5.74, 6) is 0.327. The van der Waals surface area contributed by atoms with Crippen LogP contribution in [0.5, 0.6) is 0 Å². The summed E-state index contributed by atoms with van der Waals surface area (Å²) < 4.78 is 0. The predicted octanol–water partition coefficient (Wildman–Crippen LogP) is 7.60. The van der Waals surface area contributed by atoms with Gasteiger partial charge in [-0.15, -0.1) is 0 Å². The number of nitrogens with zero attached hydrogens (tertiary/aromatic N) is 2. The van der Waals surface area contributed by atoms with Crippen LogP contribution in [-0.4, -0.2) is 49.6 Å². The fourth-order valence-electron chi connectivity index (χ4n) is 6.62. The zero-order chi connectivity index (χ0) is 28.2. The van der Waals surface area contributed by atoms with Crippen LogP contribution >= 0.6 is 0 Å². The van der Waals surface area contributed by atoms with Gasteiger partial charge in [-0.25, -0.2) is 0 Å². The first-order valence-electron chi connectivity index (χ1n) is 15.2. The van der Waals surface area contributed by atoms with Crippen molar-refractivity contribution < 1.29 is 4.79 Å². The lowest BCUT2D eigenvalue weighted by Crippen LogP contribution is -2.46. The van der Waals surface area contributed by atoms with E-state index in [4.69, 9.17) is 0 Å². The minimum atomic E-state index is 0.0437. The average molecular weight is 544 g/mol. The van der Waals surface area contributed by atoms with E-state index in [0.29, 0.717) is 0 Å². The molecule has 0 saturated carbocycles. The minimum Gasteiger partial charge on any atom is -0.369 e. The first-order chi connectivity index (χ1) is 20.1. The summed E-state index contributed by atoms with van der Waals surface area (Å²) in [4.78, 5) is 18.3. The molecule has 1 heterocycles. The van der Waals surface area contributed by atoms with Crippen molar-refractivity contribution in [1.29, 1.82) is 0 Å². The number of amides is 1. The number of anilines is 1. The van der Waals surface area contributed by atoms with Gasteiger partial charge in [0.1, 0.15) is 0 Å². The molecule has 1 aliphatic carbocycles. The standard InChI is InChI=1S/C37H41N3O/c1-27(2)38-37(41)35-17-10-16-34-32-14-7-6-13-31(32)33(36(34)35)15-8-9-22-39-23-25-40(26-24-39)30-20-18-29(19-21-30)28-11-4-3-5-12-28/h3-7,10-14,16-21,27,33H,8-9,15,22-26H2,1-2H3,(H,38,41). The van der Waals surface area contributed by atoms with Gasteiger partial charge >= 0.3 is 0 Å². The Labute approximate surface area is 245 Å². The number of nitrogens with one attached hydrogen (secondary N) is 1. The maximum Gasteiger partial charge on any atom is 0.251 e. The van der Waals surface area contributed by atoms with E-state index in [1.54, 1.807) is 0 Å². The van der Waals surface area contributed by atoms with Crippen molar-refractivity contribution in [3.05, 3.63) is 114 Å². The summed E-state index contributed by atoms with van der Waals surface area (Å²) >= 11 is 0. The molecule has 0 bridgehead atoms. The van der Waals surface area contributed by atoms with E-state index in [1.807, 2.05) is 26.0 Å². The molecule has 1 fully saturated rings. The predicted molar refractivity (Wildman–Crippen MR) is 171 cm³/mol. The molecule has 4 aromatic carbocycles. The van der Waals surface area contributed by atoms with Crippen LogP contribution in [0.1, 0.15) is 60.5 Å². The average Bonchev–Trinajstić information content (AvgIpc) is 3.33. The fraction of sp³-hybridized carbons (Fsp3) is 0.324. The van der Waals surface area contributed by atoms with E-state index in [2.05, 4.69) is 100 Å². The van der Waals surface area contributed by atoms with Crippen LogP contribution in [0, 0.1) is 0 Å². The van der Waals surface area contributed by atoms with Crippen molar-refractivity contribution in [2.45, 2.75) is 45.1 Å². The third kappa shape index (κ3) is 5.94. The highest BCUT2D eigenvalue weighted by Crippen LogP contribution is 2.48. The Hall–Kier alpha value is -3.89. The Morgan fingerprint density at radius 2 is 1.44 bits per heavy atom. The molecule has 4 aromatic rings. The first kappa shape index (κ1) is 27.3. The SMILES string of the molecule is CC(C)NC(=O)c1cccc2c1C(CCCCN1CCN(c3ccc(-c4ccccc4)cc3)CC1)c1ccccc1-2. The second-order valence-electron chi connectivity index (χ2n) is 11.8. The molecule has 1 saturated heterocycles. The van der Waals surface area contributed by atoms with Crippen LogP contribution in [0.2, 0.25) is 0 Å². The smallest absolute Gasteiger partial charge is 0.251 e. The summed E-state index contributed by atoms with van der Waals surface area (Å²) in [6.07, 6.45) is 3.41. The molecule has 6 rings (SSSR count). The van der Waals surface area contributed by atoms with E-state index < -0.39 is 0 Å². The van der Waals surface area contributed by atoms with Gasteiger partial charge in [0, 0.05) is 49.4 Å². The Morgan fingerprint density at radius 3 is 2.20 bits per heavy atom. The van der Waals surface area contributed by atoms with Gasteiger partial charge in [0.25, 0.3) is 5.91 Å². The van der Waals surface area contributed by atoms with Crippen molar-refractivity contribution in [3.63, 3.8) is 0 Å². The van der Waals surface area contributed by atoms with E-state index in [9.17, 15) is 4.79 Å². The van der Waals surface area contributed by atoms with E-state index >= 15 is 0 Å². The first-order valence-corrected chi connectivity index (χ1v) is 15.2. The molecule has 41 heavy (non-hydrogen) atoms. The Bertz CT molecular complexity index is 1470. The van der Waals surface area contributed by atoms with E-state index in [-0.39, 0.29) is 17.9 Å². The zero-order valence-electron chi connectivity index (χ0n) is 24.4. The summed E-state index contributed by atoms with van der Waals surface area (Å²) in [5, 5.41) is 3.12. The third-order valence-electron chi connectivity index (χ3n) is 8.67. The number of rotatable bonds is 9. The second-order valence-corrected chi connectivity index (χ2v) is 11.8. The molecule has 0 spiro atoms. The maximum atomic E-state index is 13.1. The molecule has 0 aromatic heterocycles. The number of hydrogen-bond donors (Lipinski definition) is 1. The van der Waals surface area contributed by atoms with Crippen LogP contribution in [-0.2, 0) is 0 Å². The van der Waals surface area contributed by atoms with Crippen LogP contribution in [0.3, 0.4) is 0 Å². The van der Waals surface area contributed by atoms with Crippen molar-refractivity contribution in [1.82, 2.24) is 10.2 Å². The Balaban J connectivity index is 1.03. The lowest BCUT2D eigenvalue weighted by atomic mass is 9.88. The molecule has 1 atom stereocenters. The molecule has 1 aliphatic heterocycles. The maximum absolute atomic E-state index is 13.1. The number of unbranched alkanes of at least 4 members (excludes halogenated alkanes) is 1. The van der Waals surface area contributed by atoms with Crippen molar-refractivity contribution in [2.75, 3.05) is 37.6 Å². The molecular weight excluding hydrogens is 502 g/mol. The molecule has 1 amide bonds. The molecule has 2 aliphatic rings. The van der Waals surface area contributed by atoms with Crippen molar-refractivity contribution in [3.8, 4) is 22.3 Å². The summed E-state index contributed by atoms with van der Waals surface area (Å²) in [7, 11) is 0. The number of hydrogen-bond acceptors (Lipinski definition) is 3.